The lowest BCUT2D eigenvalue weighted by molar-refractivity contribution is 0.330. The van der Waals surface area contributed by atoms with Crippen molar-refractivity contribution in [1.29, 1.82) is 0 Å². The van der Waals surface area contributed by atoms with Gasteiger partial charge in [-0.05, 0) is 51.9 Å². The molecule has 0 aromatic carbocycles. The summed E-state index contributed by atoms with van der Waals surface area (Å²) in [5.41, 5.74) is 2.36. The van der Waals surface area contributed by atoms with Crippen LogP contribution in [0.15, 0.2) is 12.1 Å². The molecule has 1 aromatic rings. The molecule has 0 spiro atoms. The Labute approximate surface area is 97.9 Å². The lowest BCUT2D eigenvalue weighted by Gasteiger charge is -2.14. The number of pyridine rings is 1. The first-order chi connectivity index (χ1) is 7.54. The number of aryl methyl sites for hydroxylation is 2. The normalized spacial score (nSPS) is 26.0. The van der Waals surface area contributed by atoms with E-state index in [1.807, 2.05) is 6.92 Å². The van der Waals surface area contributed by atoms with Crippen molar-refractivity contribution in [2.45, 2.75) is 39.3 Å². The number of nitrogens with one attached hydrogen (secondary N) is 1. The third kappa shape index (κ3) is 2.53. The van der Waals surface area contributed by atoms with Gasteiger partial charge >= 0.3 is 0 Å². The van der Waals surface area contributed by atoms with Crippen LogP contribution in [-0.4, -0.2) is 35.6 Å². The summed E-state index contributed by atoms with van der Waals surface area (Å²) in [6, 6.07) is 5.43. The summed E-state index contributed by atoms with van der Waals surface area (Å²) in [5, 5.41) is 3.53. The molecule has 1 aliphatic heterocycles. The first kappa shape index (κ1) is 11.4. The van der Waals surface area contributed by atoms with Crippen LogP contribution in [0.1, 0.15) is 24.6 Å². The number of hydrogen-bond acceptors (Lipinski definition) is 3. The molecule has 3 nitrogen and oxygen atoms in total. The van der Waals surface area contributed by atoms with Crippen LogP contribution in [0.3, 0.4) is 0 Å². The van der Waals surface area contributed by atoms with Crippen molar-refractivity contribution in [3.05, 3.63) is 23.4 Å². The Morgan fingerprint density at radius 1 is 1.38 bits per heavy atom. The molecule has 0 bridgehead atoms. The van der Waals surface area contributed by atoms with Gasteiger partial charge in [-0.25, -0.2) is 4.98 Å². The zero-order valence-electron chi connectivity index (χ0n) is 10.6. The summed E-state index contributed by atoms with van der Waals surface area (Å²) in [6.07, 6.45) is 1.20. The molecule has 2 unspecified atom stereocenters. The molecule has 2 atom stereocenters. The number of aromatic nitrogens is 1. The fourth-order valence-corrected chi connectivity index (χ4v) is 2.42. The van der Waals surface area contributed by atoms with Gasteiger partial charge in [0.1, 0.15) is 5.82 Å². The van der Waals surface area contributed by atoms with Gasteiger partial charge in [-0.15, -0.1) is 0 Å². The van der Waals surface area contributed by atoms with Crippen LogP contribution in [0, 0.1) is 13.8 Å². The van der Waals surface area contributed by atoms with Gasteiger partial charge in [-0.2, -0.15) is 0 Å². The Kier molecular flexibility index (Phi) is 3.15. The minimum Gasteiger partial charge on any atom is -0.366 e. The van der Waals surface area contributed by atoms with Crippen LogP contribution < -0.4 is 5.32 Å². The molecule has 16 heavy (non-hydrogen) atoms. The Morgan fingerprint density at radius 2 is 2.12 bits per heavy atom. The van der Waals surface area contributed by atoms with E-state index in [1.54, 1.807) is 0 Å². The highest BCUT2D eigenvalue weighted by Gasteiger charge is 2.25. The van der Waals surface area contributed by atoms with Gasteiger partial charge in [0.2, 0.25) is 0 Å². The SMILES string of the molecule is Cc1cc(C)nc(NC2CC(C)N(C)C2)c1. The minimum absolute atomic E-state index is 0.536. The van der Waals surface area contributed by atoms with Gasteiger partial charge in [0.25, 0.3) is 0 Å². The van der Waals surface area contributed by atoms with Crippen LogP contribution in [0.4, 0.5) is 5.82 Å². The molecule has 1 aromatic heterocycles. The van der Waals surface area contributed by atoms with Gasteiger partial charge in [0.15, 0.2) is 0 Å². The fourth-order valence-electron chi connectivity index (χ4n) is 2.42. The average molecular weight is 219 g/mol. The lowest BCUT2D eigenvalue weighted by Crippen LogP contribution is -2.25. The van der Waals surface area contributed by atoms with Crippen molar-refractivity contribution in [3.63, 3.8) is 0 Å². The van der Waals surface area contributed by atoms with Crippen molar-refractivity contribution in [2.24, 2.45) is 0 Å². The molecule has 1 saturated heterocycles. The molecular weight excluding hydrogens is 198 g/mol. The predicted molar refractivity (Wildman–Crippen MR) is 67.8 cm³/mol. The molecule has 0 radical (unpaired) electrons. The number of rotatable bonds is 2. The highest BCUT2D eigenvalue weighted by Crippen LogP contribution is 2.19. The highest BCUT2D eigenvalue weighted by molar-refractivity contribution is 5.40. The van der Waals surface area contributed by atoms with E-state index in [1.165, 1.54) is 12.0 Å². The van der Waals surface area contributed by atoms with Gasteiger partial charge in [0.05, 0.1) is 0 Å². The number of likely N-dealkylation sites (tertiary alicyclic amines) is 1. The summed E-state index contributed by atoms with van der Waals surface area (Å²) in [5.74, 6) is 1.02. The maximum absolute atomic E-state index is 4.52. The van der Waals surface area contributed by atoms with E-state index < -0.39 is 0 Å². The molecule has 2 rings (SSSR count). The van der Waals surface area contributed by atoms with Crippen LogP contribution in [0.25, 0.3) is 0 Å². The minimum atomic E-state index is 0.536. The van der Waals surface area contributed by atoms with E-state index in [2.05, 4.69) is 48.2 Å². The number of hydrogen-bond donors (Lipinski definition) is 1. The summed E-state index contributed by atoms with van der Waals surface area (Å²) in [4.78, 5) is 6.91. The third-order valence-corrected chi connectivity index (χ3v) is 3.34. The number of nitrogens with zero attached hydrogens (tertiary/aromatic N) is 2. The average Bonchev–Trinajstić information content (AvgIpc) is 2.43. The van der Waals surface area contributed by atoms with Crippen molar-refractivity contribution < 1.29 is 0 Å². The summed E-state index contributed by atoms with van der Waals surface area (Å²) in [7, 11) is 2.18. The molecular formula is C13H21N3. The second-order valence-corrected chi connectivity index (χ2v) is 5.04. The van der Waals surface area contributed by atoms with Crippen LogP contribution >= 0.6 is 0 Å². The zero-order chi connectivity index (χ0) is 11.7. The van der Waals surface area contributed by atoms with E-state index in [9.17, 15) is 0 Å². The summed E-state index contributed by atoms with van der Waals surface area (Å²) < 4.78 is 0. The molecule has 0 aliphatic carbocycles. The Morgan fingerprint density at radius 3 is 2.69 bits per heavy atom. The highest BCUT2D eigenvalue weighted by atomic mass is 15.2. The molecule has 1 fully saturated rings. The quantitative estimate of drug-likeness (QED) is 0.826. The second-order valence-electron chi connectivity index (χ2n) is 5.04. The third-order valence-electron chi connectivity index (χ3n) is 3.34. The van der Waals surface area contributed by atoms with Crippen LogP contribution in [0.5, 0.6) is 0 Å². The zero-order valence-corrected chi connectivity index (χ0v) is 10.6. The van der Waals surface area contributed by atoms with E-state index in [0.29, 0.717) is 12.1 Å². The number of likely N-dealkylation sites (N-methyl/N-ethyl adjacent to an activating group) is 1. The topological polar surface area (TPSA) is 28.2 Å². The van der Waals surface area contributed by atoms with Gasteiger partial charge in [-0.1, -0.05) is 0 Å². The molecule has 3 heteroatoms. The summed E-state index contributed by atoms with van der Waals surface area (Å²) in [6.45, 7) is 7.54. The van der Waals surface area contributed by atoms with Crippen LogP contribution in [-0.2, 0) is 0 Å². The Hall–Kier alpha value is -1.09. The molecule has 1 aliphatic rings. The van der Waals surface area contributed by atoms with Crippen molar-refractivity contribution in [1.82, 2.24) is 9.88 Å². The van der Waals surface area contributed by atoms with Crippen molar-refractivity contribution in [3.8, 4) is 0 Å². The van der Waals surface area contributed by atoms with Gasteiger partial charge in [-0.3, -0.25) is 0 Å². The predicted octanol–water partition coefficient (Wildman–Crippen LogP) is 2.20. The fraction of sp³-hybridized carbons (Fsp3) is 0.615. The largest absolute Gasteiger partial charge is 0.366 e. The Balaban J connectivity index is 2.04. The van der Waals surface area contributed by atoms with Gasteiger partial charge in [0, 0.05) is 24.3 Å². The lowest BCUT2D eigenvalue weighted by atomic mass is 10.2. The molecule has 0 saturated carbocycles. The Bertz CT molecular complexity index is 345. The van der Waals surface area contributed by atoms with E-state index >= 15 is 0 Å². The first-order valence-electron chi connectivity index (χ1n) is 5.96. The molecule has 0 amide bonds. The second kappa shape index (κ2) is 4.42. The van der Waals surface area contributed by atoms with Crippen molar-refractivity contribution in [2.75, 3.05) is 18.9 Å². The molecule has 1 N–H and O–H groups in total. The maximum atomic E-state index is 4.52. The van der Waals surface area contributed by atoms with E-state index in [0.717, 1.165) is 18.1 Å². The van der Waals surface area contributed by atoms with Gasteiger partial charge < -0.3 is 10.2 Å². The summed E-state index contributed by atoms with van der Waals surface area (Å²) >= 11 is 0. The number of anilines is 1. The molecule has 2 heterocycles. The van der Waals surface area contributed by atoms with E-state index in [4.69, 9.17) is 0 Å². The monoisotopic (exact) mass is 219 g/mol. The van der Waals surface area contributed by atoms with Crippen LogP contribution in [0.2, 0.25) is 0 Å². The van der Waals surface area contributed by atoms with Crippen molar-refractivity contribution >= 4 is 5.82 Å². The maximum Gasteiger partial charge on any atom is 0.126 e. The van der Waals surface area contributed by atoms with E-state index in [-0.39, 0.29) is 0 Å². The smallest absolute Gasteiger partial charge is 0.126 e. The first-order valence-corrected chi connectivity index (χ1v) is 5.96. The standard InChI is InChI=1S/C13H21N3/c1-9-5-10(2)14-13(6-9)15-12-7-11(3)16(4)8-12/h5-6,11-12H,7-8H2,1-4H3,(H,14,15). The molecule has 88 valence electrons.